The Morgan fingerprint density at radius 2 is 1.94 bits per heavy atom. The molecule has 3 heterocycles. The highest BCUT2D eigenvalue weighted by Gasteiger charge is 2.46. The lowest BCUT2D eigenvalue weighted by molar-refractivity contribution is -0.247. The zero-order valence-corrected chi connectivity index (χ0v) is 20.6. The van der Waals surface area contributed by atoms with Crippen LogP contribution >= 0.6 is 0 Å². The first-order valence-electron chi connectivity index (χ1n) is 11.8. The van der Waals surface area contributed by atoms with Crippen LogP contribution in [0.15, 0.2) is 35.8 Å². The molecule has 1 N–H and O–H groups in total. The summed E-state index contributed by atoms with van der Waals surface area (Å²) in [6.45, 7) is 18.6. The van der Waals surface area contributed by atoms with Gasteiger partial charge in [-0.2, -0.15) is 0 Å². The number of hydrogen-bond donors (Lipinski definition) is 1. The maximum Gasteiger partial charge on any atom is 0.216 e. The van der Waals surface area contributed by atoms with Crippen molar-refractivity contribution < 1.29 is 14.6 Å². The summed E-state index contributed by atoms with van der Waals surface area (Å²) in [5.41, 5.74) is 1.41. The van der Waals surface area contributed by atoms with Crippen molar-refractivity contribution in [2.75, 3.05) is 24.5 Å². The van der Waals surface area contributed by atoms with Gasteiger partial charge in [-0.1, -0.05) is 13.8 Å². The van der Waals surface area contributed by atoms with E-state index < -0.39 is 6.41 Å². The van der Waals surface area contributed by atoms with Gasteiger partial charge in [-0.25, -0.2) is 9.98 Å². The van der Waals surface area contributed by atoms with Crippen LogP contribution in [-0.2, 0) is 9.47 Å². The zero-order valence-electron chi connectivity index (χ0n) is 20.6. The van der Waals surface area contributed by atoms with E-state index in [0.29, 0.717) is 24.9 Å². The van der Waals surface area contributed by atoms with Gasteiger partial charge in [0.1, 0.15) is 5.60 Å². The van der Waals surface area contributed by atoms with Gasteiger partial charge in [0.2, 0.25) is 6.41 Å². The van der Waals surface area contributed by atoms with Crippen LogP contribution in [0.25, 0.3) is 0 Å². The molecule has 0 amide bonds. The third-order valence-corrected chi connectivity index (χ3v) is 6.47. The molecule has 7 heteroatoms. The van der Waals surface area contributed by atoms with E-state index >= 15 is 0 Å². The van der Waals surface area contributed by atoms with E-state index in [2.05, 4.69) is 37.2 Å². The Morgan fingerprint density at radius 3 is 2.47 bits per heavy atom. The summed E-state index contributed by atoms with van der Waals surface area (Å²) in [5, 5.41) is 10.4. The quantitative estimate of drug-likeness (QED) is 0.479. The maximum atomic E-state index is 10.4. The Kier molecular flexibility index (Phi) is 7.63. The van der Waals surface area contributed by atoms with E-state index in [9.17, 15) is 5.11 Å². The molecular weight excluding hydrogens is 404 g/mol. The van der Waals surface area contributed by atoms with E-state index in [1.807, 2.05) is 44.0 Å². The molecule has 2 fully saturated rings. The van der Waals surface area contributed by atoms with Gasteiger partial charge < -0.3 is 19.5 Å². The monoisotopic (exact) mass is 444 g/mol. The smallest absolute Gasteiger partial charge is 0.216 e. The number of aliphatic hydroxyl groups excluding tert-OH is 1. The Balaban J connectivity index is 1.62. The molecule has 3 rings (SSSR count). The van der Waals surface area contributed by atoms with Gasteiger partial charge in [0.15, 0.2) is 11.7 Å². The third-order valence-electron chi connectivity index (χ3n) is 6.47. The Morgan fingerprint density at radius 1 is 1.28 bits per heavy atom. The Bertz CT molecular complexity index is 803. The lowest BCUT2D eigenvalue weighted by atomic mass is 9.91. The standard InChI is InChI=1S/C25H40N4O3/c1-8-20(9-2)18(3)27-22-11-10-21(16-26-22)29-17-25(31-19(29)4)12-14-28(15-13-25)23(30)32-24(5,6)7/h10-11,16,20,23,30H,4,8-9,12-15,17H2,1-3,5-7H3. The lowest BCUT2D eigenvalue weighted by Crippen LogP contribution is -2.52. The second kappa shape index (κ2) is 9.89. The molecule has 1 aromatic rings. The average molecular weight is 445 g/mol. The van der Waals surface area contributed by atoms with E-state index in [1.165, 1.54) is 0 Å². The molecule has 1 unspecified atom stereocenters. The largest absolute Gasteiger partial charge is 0.471 e. The van der Waals surface area contributed by atoms with Gasteiger partial charge >= 0.3 is 0 Å². The summed E-state index contributed by atoms with van der Waals surface area (Å²) in [7, 11) is 0. The number of aliphatic hydroxyl groups is 1. The minimum Gasteiger partial charge on any atom is -0.471 e. The van der Waals surface area contributed by atoms with Crippen LogP contribution in [-0.4, -0.2) is 58.0 Å². The normalized spacial score (nSPS) is 20.8. The van der Waals surface area contributed by atoms with Crippen LogP contribution in [0.2, 0.25) is 0 Å². The number of anilines is 1. The third kappa shape index (κ3) is 5.88. The second-order valence-electron chi connectivity index (χ2n) is 10.00. The van der Waals surface area contributed by atoms with Crippen molar-refractivity contribution >= 4 is 17.2 Å². The van der Waals surface area contributed by atoms with E-state index in [0.717, 1.165) is 49.4 Å². The topological polar surface area (TPSA) is 70.4 Å². The van der Waals surface area contributed by atoms with Crippen molar-refractivity contribution in [2.45, 2.75) is 84.8 Å². The molecule has 178 valence electrons. The molecule has 1 spiro atoms. The van der Waals surface area contributed by atoms with Crippen LogP contribution in [0.4, 0.5) is 11.5 Å². The van der Waals surface area contributed by atoms with Gasteiger partial charge in [0.05, 0.1) is 24.0 Å². The fourth-order valence-electron chi connectivity index (χ4n) is 4.51. The molecule has 1 atom stereocenters. The molecule has 1 aromatic heterocycles. The van der Waals surface area contributed by atoms with E-state index in [-0.39, 0.29) is 11.2 Å². The van der Waals surface area contributed by atoms with Gasteiger partial charge in [-0.3, -0.25) is 4.90 Å². The molecule has 0 aliphatic carbocycles. The van der Waals surface area contributed by atoms with Crippen molar-refractivity contribution in [1.82, 2.24) is 9.88 Å². The molecule has 0 saturated carbocycles. The van der Waals surface area contributed by atoms with Crippen LogP contribution in [0.3, 0.4) is 0 Å². The number of ether oxygens (including phenoxy) is 2. The van der Waals surface area contributed by atoms with E-state index in [4.69, 9.17) is 14.5 Å². The van der Waals surface area contributed by atoms with Gasteiger partial charge in [0, 0.05) is 31.6 Å². The summed E-state index contributed by atoms with van der Waals surface area (Å²) < 4.78 is 12.0. The fraction of sp³-hybridized carbons (Fsp3) is 0.680. The molecule has 32 heavy (non-hydrogen) atoms. The Hall–Kier alpha value is -1.96. The van der Waals surface area contributed by atoms with Gasteiger partial charge in [0.25, 0.3) is 0 Å². The second-order valence-corrected chi connectivity index (χ2v) is 10.00. The molecule has 7 nitrogen and oxygen atoms in total. The first-order valence-corrected chi connectivity index (χ1v) is 11.8. The molecule has 0 bridgehead atoms. The number of rotatable bonds is 7. The molecule has 0 radical (unpaired) electrons. The van der Waals surface area contributed by atoms with Gasteiger partial charge in [-0.05, 0) is 65.2 Å². The van der Waals surface area contributed by atoms with Crippen molar-refractivity contribution in [1.29, 1.82) is 0 Å². The highest BCUT2D eigenvalue weighted by atomic mass is 16.6. The first kappa shape index (κ1) is 24.7. The predicted molar refractivity (Wildman–Crippen MR) is 129 cm³/mol. The minimum atomic E-state index is -0.895. The lowest BCUT2D eigenvalue weighted by Gasteiger charge is -2.40. The number of piperidine rings is 1. The van der Waals surface area contributed by atoms with Crippen LogP contribution in [0.1, 0.15) is 67.2 Å². The first-order chi connectivity index (χ1) is 15.1. The highest BCUT2D eigenvalue weighted by Crippen LogP contribution is 2.39. The number of aromatic nitrogens is 1. The fourth-order valence-corrected chi connectivity index (χ4v) is 4.51. The number of hydrogen-bond acceptors (Lipinski definition) is 7. The van der Waals surface area contributed by atoms with Crippen molar-refractivity contribution in [3.05, 3.63) is 30.8 Å². The van der Waals surface area contributed by atoms with E-state index in [1.54, 1.807) is 0 Å². The molecule has 2 aliphatic rings. The van der Waals surface area contributed by atoms with Crippen LogP contribution in [0.5, 0.6) is 0 Å². The number of nitrogens with zero attached hydrogens (tertiary/aromatic N) is 4. The van der Waals surface area contributed by atoms with Crippen molar-refractivity contribution in [3.63, 3.8) is 0 Å². The summed E-state index contributed by atoms with van der Waals surface area (Å²) >= 11 is 0. The molecule has 0 aromatic carbocycles. The average Bonchev–Trinajstić information content (AvgIpc) is 3.04. The van der Waals surface area contributed by atoms with Crippen molar-refractivity contribution in [2.24, 2.45) is 10.9 Å². The van der Waals surface area contributed by atoms with Crippen molar-refractivity contribution in [3.8, 4) is 0 Å². The molecular formula is C25H40N4O3. The summed E-state index contributed by atoms with van der Waals surface area (Å²) in [6, 6.07) is 4.00. The SMILES string of the molecule is C=C1OC2(CCN(C(O)OC(C)(C)C)CC2)CN1c1ccc(N=C(C)C(CC)CC)nc1. The van der Waals surface area contributed by atoms with Crippen LogP contribution < -0.4 is 4.90 Å². The summed E-state index contributed by atoms with van der Waals surface area (Å²) in [6.07, 6.45) is 4.74. The molecule has 2 aliphatic heterocycles. The number of likely N-dealkylation sites (tertiary alicyclic amines) is 1. The molecule has 2 saturated heterocycles. The van der Waals surface area contributed by atoms with Gasteiger partial charge in [-0.15, -0.1) is 0 Å². The summed E-state index contributed by atoms with van der Waals surface area (Å²) in [5.74, 6) is 1.89. The minimum absolute atomic E-state index is 0.294. The number of pyridine rings is 1. The Labute approximate surface area is 193 Å². The number of aliphatic imine (C=N–C) groups is 1. The predicted octanol–water partition coefficient (Wildman–Crippen LogP) is 4.84. The highest BCUT2D eigenvalue weighted by molar-refractivity contribution is 5.86. The van der Waals surface area contributed by atoms with Crippen LogP contribution in [0, 0.1) is 5.92 Å². The summed E-state index contributed by atoms with van der Waals surface area (Å²) in [4.78, 5) is 13.3. The zero-order chi connectivity index (χ0) is 23.5. The maximum absolute atomic E-state index is 10.4.